The van der Waals surface area contributed by atoms with E-state index in [1.165, 1.54) is 0 Å². The second-order valence-electron chi connectivity index (χ2n) is 6.74. The molecule has 0 aliphatic carbocycles. The third kappa shape index (κ3) is 3.97. The summed E-state index contributed by atoms with van der Waals surface area (Å²) in [4.78, 5) is 37.6. The first kappa shape index (κ1) is 17.2. The first-order valence-corrected chi connectivity index (χ1v) is 7.94. The maximum Gasteiger partial charge on any atom is 0.244 e. The van der Waals surface area contributed by atoms with Crippen molar-refractivity contribution in [3.8, 4) is 0 Å². The van der Waals surface area contributed by atoms with Gasteiger partial charge in [0.2, 0.25) is 17.7 Å². The van der Waals surface area contributed by atoms with E-state index in [9.17, 15) is 14.4 Å². The highest BCUT2D eigenvalue weighted by Crippen LogP contribution is 2.35. The maximum atomic E-state index is 12.2. The number of piperidine rings is 1. The number of nitrogens with zero attached hydrogens (tertiary/aromatic N) is 1. The van der Waals surface area contributed by atoms with Gasteiger partial charge < -0.3 is 5.32 Å². The summed E-state index contributed by atoms with van der Waals surface area (Å²) in [6.45, 7) is 7.66. The van der Waals surface area contributed by atoms with Crippen molar-refractivity contribution in [2.24, 2.45) is 5.41 Å². The lowest BCUT2D eigenvalue weighted by molar-refractivity contribution is -0.154. The smallest absolute Gasteiger partial charge is 0.244 e. The van der Waals surface area contributed by atoms with Crippen LogP contribution >= 0.6 is 0 Å². The van der Waals surface area contributed by atoms with Crippen LogP contribution in [0.5, 0.6) is 0 Å². The summed E-state index contributed by atoms with van der Waals surface area (Å²) < 4.78 is 0. The van der Waals surface area contributed by atoms with Gasteiger partial charge >= 0.3 is 0 Å². The summed E-state index contributed by atoms with van der Waals surface area (Å²) >= 11 is 0. The maximum absolute atomic E-state index is 12.2. The normalized spacial score (nSPS) is 17.3. The SMILES string of the molecule is CCC1(C)CC(=O)N(CC(=O)Nc2ccc(C)c(C)c2)C(=O)C1. The molecule has 0 radical (unpaired) electrons. The van der Waals surface area contributed by atoms with Crippen LogP contribution in [0.25, 0.3) is 0 Å². The average molecular weight is 316 g/mol. The Labute approximate surface area is 137 Å². The average Bonchev–Trinajstić information content (AvgIpc) is 2.47. The second kappa shape index (κ2) is 6.52. The Hall–Kier alpha value is -2.17. The van der Waals surface area contributed by atoms with Gasteiger partial charge in [-0.3, -0.25) is 19.3 Å². The fourth-order valence-corrected chi connectivity index (χ4v) is 2.71. The van der Waals surface area contributed by atoms with E-state index in [1.54, 1.807) is 0 Å². The van der Waals surface area contributed by atoms with Gasteiger partial charge in [-0.25, -0.2) is 0 Å². The first-order valence-electron chi connectivity index (χ1n) is 7.94. The monoisotopic (exact) mass is 316 g/mol. The van der Waals surface area contributed by atoms with Crippen molar-refractivity contribution in [1.29, 1.82) is 0 Å². The molecule has 5 nitrogen and oxygen atoms in total. The van der Waals surface area contributed by atoms with Crippen molar-refractivity contribution in [2.75, 3.05) is 11.9 Å². The molecule has 1 aliphatic heterocycles. The first-order chi connectivity index (χ1) is 10.7. The molecule has 1 aromatic carbocycles. The third-order valence-corrected chi connectivity index (χ3v) is 4.70. The van der Waals surface area contributed by atoms with Gasteiger partial charge in [0, 0.05) is 18.5 Å². The Morgan fingerprint density at radius 1 is 1.17 bits per heavy atom. The van der Waals surface area contributed by atoms with Crippen LogP contribution in [-0.4, -0.2) is 29.2 Å². The number of benzene rings is 1. The van der Waals surface area contributed by atoms with E-state index in [4.69, 9.17) is 0 Å². The van der Waals surface area contributed by atoms with E-state index in [0.29, 0.717) is 18.5 Å². The number of hydrogen-bond acceptors (Lipinski definition) is 3. The fourth-order valence-electron chi connectivity index (χ4n) is 2.71. The van der Waals surface area contributed by atoms with E-state index in [-0.39, 0.29) is 29.7 Å². The van der Waals surface area contributed by atoms with Crippen LogP contribution in [0.2, 0.25) is 0 Å². The number of hydrogen-bond donors (Lipinski definition) is 1. The number of aryl methyl sites for hydroxylation is 2. The predicted molar refractivity (Wildman–Crippen MR) is 88.9 cm³/mol. The molecule has 5 heteroatoms. The zero-order chi connectivity index (χ0) is 17.2. The Morgan fingerprint density at radius 3 is 2.30 bits per heavy atom. The molecule has 1 aliphatic rings. The van der Waals surface area contributed by atoms with Crippen LogP contribution in [0.3, 0.4) is 0 Å². The van der Waals surface area contributed by atoms with Crippen molar-refractivity contribution in [2.45, 2.75) is 47.0 Å². The lowest BCUT2D eigenvalue weighted by atomic mass is 9.77. The van der Waals surface area contributed by atoms with Crippen molar-refractivity contribution >= 4 is 23.4 Å². The largest absolute Gasteiger partial charge is 0.325 e. The molecule has 0 bridgehead atoms. The molecular weight excluding hydrogens is 292 g/mol. The van der Waals surface area contributed by atoms with Gasteiger partial charge in [0.1, 0.15) is 6.54 Å². The number of likely N-dealkylation sites (tertiary alicyclic amines) is 1. The Bertz CT molecular complexity index is 634. The molecule has 0 atom stereocenters. The lowest BCUT2D eigenvalue weighted by Gasteiger charge is -2.36. The van der Waals surface area contributed by atoms with E-state index in [0.717, 1.165) is 22.4 Å². The van der Waals surface area contributed by atoms with E-state index < -0.39 is 0 Å². The molecule has 1 saturated heterocycles. The summed E-state index contributed by atoms with van der Waals surface area (Å²) in [6, 6.07) is 5.62. The quantitative estimate of drug-likeness (QED) is 0.869. The molecule has 0 aromatic heterocycles. The van der Waals surface area contributed by atoms with Gasteiger partial charge in [-0.15, -0.1) is 0 Å². The highest BCUT2D eigenvalue weighted by Gasteiger charge is 2.39. The van der Waals surface area contributed by atoms with E-state index >= 15 is 0 Å². The number of rotatable bonds is 4. The standard InChI is InChI=1S/C18H24N2O3/c1-5-18(4)9-16(22)20(17(23)10-18)11-15(21)19-14-7-6-12(2)13(3)8-14/h6-8H,5,9-11H2,1-4H3,(H,19,21). The molecule has 2 rings (SSSR count). The van der Waals surface area contributed by atoms with Gasteiger partial charge in [0.05, 0.1) is 0 Å². The summed E-state index contributed by atoms with van der Waals surface area (Å²) in [7, 11) is 0. The van der Waals surface area contributed by atoms with Crippen LogP contribution in [-0.2, 0) is 14.4 Å². The van der Waals surface area contributed by atoms with Crippen LogP contribution in [0.15, 0.2) is 18.2 Å². The summed E-state index contributed by atoms with van der Waals surface area (Å²) in [6.07, 6.45) is 1.39. The Kier molecular flexibility index (Phi) is 4.88. The van der Waals surface area contributed by atoms with Crippen LogP contribution in [0.4, 0.5) is 5.69 Å². The van der Waals surface area contributed by atoms with Crippen molar-refractivity contribution < 1.29 is 14.4 Å². The minimum absolute atomic E-state index is 0.218. The topological polar surface area (TPSA) is 66.5 Å². The Morgan fingerprint density at radius 2 is 1.78 bits per heavy atom. The molecular formula is C18H24N2O3. The van der Waals surface area contributed by atoms with Crippen LogP contribution in [0.1, 0.15) is 44.2 Å². The molecule has 1 heterocycles. The highest BCUT2D eigenvalue weighted by atomic mass is 16.2. The van der Waals surface area contributed by atoms with Gasteiger partial charge in [0.25, 0.3) is 0 Å². The minimum atomic E-state index is -0.352. The molecule has 0 saturated carbocycles. The Balaban J connectivity index is 2.01. The molecule has 0 unspecified atom stereocenters. The van der Waals surface area contributed by atoms with Crippen molar-refractivity contribution in [1.82, 2.24) is 4.90 Å². The number of nitrogens with one attached hydrogen (secondary N) is 1. The summed E-state index contributed by atoms with van der Waals surface area (Å²) in [5, 5.41) is 2.75. The minimum Gasteiger partial charge on any atom is -0.325 e. The third-order valence-electron chi connectivity index (χ3n) is 4.70. The van der Waals surface area contributed by atoms with Gasteiger partial charge in [-0.2, -0.15) is 0 Å². The molecule has 3 amide bonds. The molecule has 124 valence electrons. The van der Waals surface area contributed by atoms with E-state index in [2.05, 4.69) is 5.32 Å². The fraction of sp³-hybridized carbons (Fsp3) is 0.500. The molecule has 1 fully saturated rings. The second-order valence-corrected chi connectivity index (χ2v) is 6.74. The number of carbonyl (C=O) groups excluding carboxylic acids is 3. The van der Waals surface area contributed by atoms with Crippen molar-refractivity contribution in [3.63, 3.8) is 0 Å². The molecule has 1 aromatic rings. The zero-order valence-corrected chi connectivity index (χ0v) is 14.2. The van der Waals surface area contributed by atoms with Crippen LogP contribution < -0.4 is 5.32 Å². The summed E-state index contributed by atoms with van der Waals surface area (Å²) in [5.74, 6) is -0.878. The number of amides is 3. The molecule has 0 spiro atoms. The number of imide groups is 1. The zero-order valence-electron chi connectivity index (χ0n) is 14.2. The van der Waals surface area contributed by atoms with Crippen molar-refractivity contribution in [3.05, 3.63) is 29.3 Å². The summed E-state index contributed by atoms with van der Waals surface area (Å²) in [5.41, 5.74) is 2.61. The lowest BCUT2D eigenvalue weighted by Crippen LogP contribution is -2.49. The number of anilines is 1. The molecule has 23 heavy (non-hydrogen) atoms. The highest BCUT2D eigenvalue weighted by molar-refractivity contribution is 6.03. The van der Waals surface area contributed by atoms with Gasteiger partial charge in [-0.05, 0) is 48.9 Å². The predicted octanol–water partition coefficient (Wildman–Crippen LogP) is 2.81. The number of carbonyl (C=O) groups is 3. The van der Waals surface area contributed by atoms with E-state index in [1.807, 2.05) is 45.9 Å². The van der Waals surface area contributed by atoms with Gasteiger partial charge in [0.15, 0.2) is 0 Å². The van der Waals surface area contributed by atoms with Crippen LogP contribution in [0, 0.1) is 19.3 Å². The van der Waals surface area contributed by atoms with Gasteiger partial charge in [-0.1, -0.05) is 19.9 Å². The molecule has 1 N–H and O–H groups in total.